The maximum Gasteiger partial charge on any atom is 0.232 e. The molecule has 130 valence electrons. The summed E-state index contributed by atoms with van der Waals surface area (Å²) in [5.41, 5.74) is 0.611. The molecule has 0 aromatic carbocycles. The van der Waals surface area contributed by atoms with Crippen LogP contribution < -0.4 is 0 Å². The van der Waals surface area contributed by atoms with E-state index >= 15 is 0 Å². The van der Waals surface area contributed by atoms with Gasteiger partial charge in [-0.15, -0.1) is 0 Å². The zero-order valence-corrected chi connectivity index (χ0v) is 14.1. The zero-order valence-electron chi connectivity index (χ0n) is 14.1. The maximum absolute atomic E-state index is 12.5. The van der Waals surface area contributed by atoms with Crippen LogP contribution in [-0.2, 0) is 20.7 Å². The van der Waals surface area contributed by atoms with Gasteiger partial charge in [0, 0.05) is 52.1 Å². The fourth-order valence-electron chi connectivity index (χ4n) is 3.65. The number of nitrogens with zero attached hydrogens (tertiary/aromatic N) is 4. The Kier molecular flexibility index (Phi) is 5.08. The Labute approximate surface area is 142 Å². The van der Waals surface area contributed by atoms with E-state index in [2.05, 4.69) is 9.97 Å². The number of rotatable bonds is 6. The Morgan fingerprint density at radius 2 is 2.12 bits per heavy atom. The van der Waals surface area contributed by atoms with E-state index in [1.807, 2.05) is 9.80 Å². The van der Waals surface area contributed by atoms with Crippen LogP contribution in [0.1, 0.15) is 24.8 Å². The summed E-state index contributed by atoms with van der Waals surface area (Å²) in [5, 5.41) is 0. The third-order valence-electron chi connectivity index (χ3n) is 4.97. The van der Waals surface area contributed by atoms with Gasteiger partial charge in [-0.25, -0.2) is 9.97 Å². The number of ether oxygens (including phenoxy) is 1. The number of carbonyl (C=O) groups is 2. The Hall–Kier alpha value is -2.02. The minimum absolute atomic E-state index is 0.112. The number of aryl methyl sites for hydroxylation is 1. The lowest BCUT2D eigenvalue weighted by molar-refractivity contribution is -0.169. The van der Waals surface area contributed by atoms with Gasteiger partial charge in [0.25, 0.3) is 0 Å². The maximum atomic E-state index is 12.5. The molecule has 0 N–H and O–H groups in total. The molecule has 3 heterocycles. The van der Waals surface area contributed by atoms with E-state index in [9.17, 15) is 9.59 Å². The number of amides is 2. The van der Waals surface area contributed by atoms with E-state index < -0.39 is 0 Å². The molecule has 2 amide bonds. The summed E-state index contributed by atoms with van der Waals surface area (Å²) in [4.78, 5) is 36.6. The van der Waals surface area contributed by atoms with Gasteiger partial charge in [0.15, 0.2) is 0 Å². The fraction of sp³-hybridized carbons (Fsp3) is 0.647. The molecule has 2 aliphatic heterocycles. The van der Waals surface area contributed by atoms with Crippen LogP contribution in [0, 0.1) is 5.41 Å². The average Bonchev–Trinajstić information content (AvgIpc) is 2.64. The van der Waals surface area contributed by atoms with Crippen LogP contribution in [0.5, 0.6) is 0 Å². The lowest BCUT2D eigenvalue weighted by atomic mass is 9.72. The minimum Gasteiger partial charge on any atom is -0.383 e. The molecule has 2 fully saturated rings. The van der Waals surface area contributed by atoms with Crippen LogP contribution in [0.4, 0.5) is 0 Å². The predicted octanol–water partition coefficient (Wildman–Crippen LogP) is 0.507. The minimum atomic E-state index is -0.350. The third-order valence-corrected chi connectivity index (χ3v) is 4.97. The molecule has 2 aliphatic rings. The molecule has 2 saturated heterocycles. The van der Waals surface area contributed by atoms with Crippen LogP contribution in [0.15, 0.2) is 18.7 Å². The second kappa shape index (κ2) is 7.25. The van der Waals surface area contributed by atoms with E-state index in [0.717, 1.165) is 31.5 Å². The number of β-lactam (4-membered cyclic amide) rings is 1. The fourth-order valence-corrected chi connectivity index (χ4v) is 3.65. The second-order valence-electron chi connectivity index (χ2n) is 6.67. The van der Waals surface area contributed by atoms with Gasteiger partial charge in [0.2, 0.25) is 11.8 Å². The van der Waals surface area contributed by atoms with Crippen LogP contribution in [0.25, 0.3) is 0 Å². The molecule has 1 atom stereocenters. The van der Waals surface area contributed by atoms with Gasteiger partial charge < -0.3 is 14.5 Å². The number of hydrogen-bond acceptors (Lipinski definition) is 5. The van der Waals surface area contributed by atoms with Crippen molar-refractivity contribution in [2.45, 2.75) is 25.7 Å². The van der Waals surface area contributed by atoms with Gasteiger partial charge in [0.05, 0.1) is 12.0 Å². The van der Waals surface area contributed by atoms with Crippen molar-refractivity contribution >= 4 is 11.8 Å². The van der Waals surface area contributed by atoms with E-state index in [0.29, 0.717) is 32.5 Å². The van der Waals surface area contributed by atoms with Crippen LogP contribution in [-0.4, -0.2) is 71.5 Å². The zero-order chi connectivity index (χ0) is 17.0. The highest BCUT2D eigenvalue weighted by atomic mass is 16.5. The van der Waals surface area contributed by atoms with Crippen molar-refractivity contribution in [3.05, 3.63) is 24.3 Å². The van der Waals surface area contributed by atoms with Crippen molar-refractivity contribution in [2.24, 2.45) is 5.41 Å². The molecule has 1 unspecified atom stereocenters. The molecule has 24 heavy (non-hydrogen) atoms. The summed E-state index contributed by atoms with van der Waals surface area (Å²) in [7, 11) is 1.64. The largest absolute Gasteiger partial charge is 0.383 e. The summed E-state index contributed by atoms with van der Waals surface area (Å²) in [6, 6.07) is 0. The molecular weight excluding hydrogens is 308 g/mol. The van der Waals surface area contributed by atoms with Gasteiger partial charge in [-0.2, -0.15) is 0 Å². The lowest BCUT2D eigenvalue weighted by Crippen LogP contribution is -2.67. The summed E-state index contributed by atoms with van der Waals surface area (Å²) >= 11 is 0. The van der Waals surface area contributed by atoms with Crippen LogP contribution in [0.2, 0.25) is 0 Å². The van der Waals surface area contributed by atoms with Crippen molar-refractivity contribution in [2.75, 3.05) is 39.9 Å². The molecule has 0 bridgehead atoms. The highest BCUT2D eigenvalue weighted by Crippen LogP contribution is 2.40. The summed E-state index contributed by atoms with van der Waals surface area (Å²) < 4.78 is 5.04. The van der Waals surface area contributed by atoms with E-state index in [1.165, 1.54) is 6.33 Å². The van der Waals surface area contributed by atoms with Crippen molar-refractivity contribution in [3.8, 4) is 0 Å². The average molecular weight is 332 g/mol. The van der Waals surface area contributed by atoms with Gasteiger partial charge >= 0.3 is 0 Å². The standard InChI is InChI=1S/C17H24N4O3/c1-24-8-7-21-12-17(16(21)23)5-2-6-20(11-17)15(22)4-3-14-9-18-13-19-10-14/h9-10,13H,2-8,11-12H2,1H3. The highest BCUT2D eigenvalue weighted by Gasteiger charge is 2.53. The molecule has 1 spiro atoms. The first-order chi connectivity index (χ1) is 11.6. The number of carbonyl (C=O) groups excluding carboxylic acids is 2. The highest BCUT2D eigenvalue weighted by molar-refractivity contribution is 5.90. The second-order valence-corrected chi connectivity index (χ2v) is 6.67. The smallest absolute Gasteiger partial charge is 0.232 e. The number of aromatic nitrogens is 2. The van der Waals surface area contributed by atoms with E-state index in [4.69, 9.17) is 4.74 Å². The quantitative estimate of drug-likeness (QED) is 0.710. The Bertz CT molecular complexity index is 595. The predicted molar refractivity (Wildman–Crippen MR) is 87.1 cm³/mol. The van der Waals surface area contributed by atoms with Crippen molar-refractivity contribution in [3.63, 3.8) is 0 Å². The van der Waals surface area contributed by atoms with Gasteiger partial charge in [-0.1, -0.05) is 0 Å². The molecular formula is C17H24N4O3. The van der Waals surface area contributed by atoms with Crippen molar-refractivity contribution in [1.82, 2.24) is 19.8 Å². The van der Waals surface area contributed by atoms with Gasteiger partial charge in [-0.05, 0) is 24.8 Å². The topological polar surface area (TPSA) is 75.6 Å². The summed E-state index contributed by atoms with van der Waals surface area (Å²) in [5.74, 6) is 0.287. The van der Waals surface area contributed by atoms with Crippen LogP contribution in [0.3, 0.4) is 0 Å². The molecule has 1 aromatic heterocycles. The van der Waals surface area contributed by atoms with Crippen molar-refractivity contribution in [1.29, 1.82) is 0 Å². The molecule has 7 heteroatoms. The Morgan fingerprint density at radius 1 is 1.33 bits per heavy atom. The number of hydrogen-bond donors (Lipinski definition) is 0. The molecule has 0 radical (unpaired) electrons. The molecule has 3 rings (SSSR count). The van der Waals surface area contributed by atoms with Gasteiger partial charge in [-0.3, -0.25) is 9.59 Å². The Balaban J connectivity index is 1.52. The number of likely N-dealkylation sites (tertiary alicyclic amines) is 2. The van der Waals surface area contributed by atoms with Gasteiger partial charge in [0.1, 0.15) is 6.33 Å². The normalized spacial score (nSPS) is 23.5. The third kappa shape index (κ3) is 3.40. The molecule has 7 nitrogen and oxygen atoms in total. The lowest BCUT2D eigenvalue weighted by Gasteiger charge is -2.53. The molecule has 0 aliphatic carbocycles. The van der Waals surface area contributed by atoms with E-state index in [-0.39, 0.29) is 17.2 Å². The first-order valence-electron chi connectivity index (χ1n) is 8.45. The number of methoxy groups -OCH3 is 1. The Morgan fingerprint density at radius 3 is 2.83 bits per heavy atom. The summed E-state index contributed by atoms with van der Waals surface area (Å²) in [6.07, 6.45) is 7.80. The number of piperidine rings is 1. The van der Waals surface area contributed by atoms with Crippen LogP contribution >= 0.6 is 0 Å². The molecule has 0 saturated carbocycles. The monoisotopic (exact) mass is 332 g/mol. The van der Waals surface area contributed by atoms with Crippen molar-refractivity contribution < 1.29 is 14.3 Å². The summed E-state index contributed by atoms with van der Waals surface area (Å²) in [6.45, 7) is 3.24. The first-order valence-corrected chi connectivity index (χ1v) is 8.45. The molecule has 1 aromatic rings. The SMILES string of the molecule is COCCN1CC2(CCCN(C(=O)CCc3cncnc3)C2)C1=O. The van der Waals surface area contributed by atoms with E-state index in [1.54, 1.807) is 19.5 Å². The first kappa shape index (κ1) is 16.8.